The van der Waals surface area contributed by atoms with Crippen molar-refractivity contribution < 1.29 is 14.3 Å². The summed E-state index contributed by atoms with van der Waals surface area (Å²) in [6.45, 7) is 8.53. The molecule has 3 saturated carbocycles. The van der Waals surface area contributed by atoms with Crippen LogP contribution in [0.25, 0.3) is 0 Å². The van der Waals surface area contributed by atoms with E-state index in [4.69, 9.17) is 16.3 Å². The Bertz CT molecular complexity index is 927. The highest BCUT2D eigenvalue weighted by Gasteiger charge is 2.49. The second-order valence-electron chi connectivity index (χ2n) is 12.7. The normalized spacial score (nSPS) is 27.1. The lowest BCUT2D eigenvalue weighted by Gasteiger charge is -2.40. The highest BCUT2D eigenvalue weighted by Crippen LogP contribution is 2.58. The van der Waals surface area contributed by atoms with Crippen LogP contribution in [0.3, 0.4) is 0 Å². The van der Waals surface area contributed by atoms with Crippen molar-refractivity contribution in [1.29, 1.82) is 0 Å². The van der Waals surface area contributed by atoms with Gasteiger partial charge in [0.1, 0.15) is 0 Å². The van der Waals surface area contributed by atoms with Gasteiger partial charge >= 0.3 is 5.97 Å². The lowest BCUT2D eigenvalue weighted by Crippen LogP contribution is -2.41. The Morgan fingerprint density at radius 3 is 2.69 bits per heavy atom. The van der Waals surface area contributed by atoms with Crippen LogP contribution in [0.1, 0.15) is 94.5 Å². The first-order valence-electron chi connectivity index (χ1n) is 14.1. The molecule has 36 heavy (non-hydrogen) atoms. The first-order valence-corrected chi connectivity index (χ1v) is 14.5. The molecule has 0 radical (unpaired) electrons. The third kappa shape index (κ3) is 7.04. The Balaban J connectivity index is 1.18. The van der Waals surface area contributed by atoms with Gasteiger partial charge < -0.3 is 15.4 Å². The summed E-state index contributed by atoms with van der Waals surface area (Å²) in [5.41, 5.74) is 1.59. The number of hydrogen-bond acceptors (Lipinski definition) is 4. The number of esters is 1. The summed E-state index contributed by atoms with van der Waals surface area (Å²) in [6, 6.07) is 5.85. The lowest BCUT2D eigenvalue weighted by atomic mass is 9.67. The van der Waals surface area contributed by atoms with Gasteiger partial charge in [-0.3, -0.25) is 9.59 Å². The first-order chi connectivity index (χ1) is 17.2. The highest BCUT2D eigenvalue weighted by atomic mass is 35.5. The summed E-state index contributed by atoms with van der Waals surface area (Å²) in [6.07, 6.45) is 12.1. The number of ether oxygens (including phenoxy) is 1. The lowest BCUT2D eigenvalue weighted by molar-refractivity contribution is -0.152. The third-order valence-corrected chi connectivity index (χ3v) is 9.03. The second-order valence-corrected chi connectivity index (χ2v) is 13.2. The van der Waals surface area contributed by atoms with Crippen molar-refractivity contribution >= 4 is 23.5 Å². The Labute approximate surface area is 222 Å². The van der Waals surface area contributed by atoms with Gasteiger partial charge in [-0.2, -0.15) is 0 Å². The van der Waals surface area contributed by atoms with Gasteiger partial charge in [-0.25, -0.2) is 0 Å². The molecule has 3 aliphatic carbocycles. The van der Waals surface area contributed by atoms with Crippen LogP contribution in [0.4, 0.5) is 0 Å². The molecular formula is C30H45ClN2O3. The molecule has 1 aromatic carbocycles. The topological polar surface area (TPSA) is 67.4 Å². The van der Waals surface area contributed by atoms with E-state index in [-0.39, 0.29) is 11.9 Å². The number of carbonyl (C=O) groups excluding carboxylic acids is 2. The van der Waals surface area contributed by atoms with Crippen LogP contribution in [-0.2, 0) is 16.0 Å². The van der Waals surface area contributed by atoms with Gasteiger partial charge in [-0.05, 0) is 126 Å². The molecule has 200 valence electrons. The fourth-order valence-electron chi connectivity index (χ4n) is 6.92. The van der Waals surface area contributed by atoms with Crippen LogP contribution in [0, 0.1) is 28.6 Å². The summed E-state index contributed by atoms with van der Waals surface area (Å²) >= 11 is 6.45. The molecule has 1 aromatic rings. The maximum atomic E-state index is 13.1. The van der Waals surface area contributed by atoms with Gasteiger partial charge in [0.2, 0.25) is 0 Å². The van der Waals surface area contributed by atoms with Crippen molar-refractivity contribution in [2.45, 2.75) is 85.0 Å². The number of fused-ring (bicyclic) bond motifs is 2. The van der Waals surface area contributed by atoms with Gasteiger partial charge in [-0.15, -0.1) is 0 Å². The molecule has 4 unspecified atom stereocenters. The molecule has 3 bridgehead atoms. The molecule has 0 spiro atoms. The van der Waals surface area contributed by atoms with E-state index in [1.54, 1.807) is 0 Å². The van der Waals surface area contributed by atoms with E-state index in [1.807, 2.05) is 39.0 Å². The van der Waals surface area contributed by atoms with E-state index in [9.17, 15) is 9.59 Å². The van der Waals surface area contributed by atoms with Crippen LogP contribution >= 0.6 is 11.6 Å². The van der Waals surface area contributed by atoms with Gasteiger partial charge in [0.15, 0.2) is 0 Å². The number of hydrogen-bond donors (Lipinski definition) is 2. The zero-order valence-corrected chi connectivity index (χ0v) is 23.2. The number of aryl methyl sites for hydroxylation is 1. The van der Waals surface area contributed by atoms with E-state index in [1.165, 1.54) is 44.9 Å². The largest absolute Gasteiger partial charge is 0.465 e. The zero-order chi connectivity index (χ0) is 25.8. The van der Waals surface area contributed by atoms with Crippen molar-refractivity contribution in [2.24, 2.45) is 28.6 Å². The summed E-state index contributed by atoms with van der Waals surface area (Å²) in [7, 11) is 0. The van der Waals surface area contributed by atoms with E-state index in [2.05, 4.69) is 10.6 Å². The number of nitrogens with one attached hydrogen (secondary N) is 2. The average Bonchev–Trinajstić information content (AvgIpc) is 3.05. The average molecular weight is 517 g/mol. The summed E-state index contributed by atoms with van der Waals surface area (Å²) in [5, 5.41) is 7.23. The molecule has 1 amide bonds. The molecule has 4 rings (SSSR count). The van der Waals surface area contributed by atoms with Crippen molar-refractivity contribution in [3.05, 3.63) is 34.3 Å². The van der Waals surface area contributed by atoms with Crippen molar-refractivity contribution in [3.63, 3.8) is 0 Å². The molecular weight excluding hydrogens is 472 g/mol. The molecule has 2 N–H and O–H groups in total. The van der Waals surface area contributed by atoms with Gasteiger partial charge in [0.05, 0.1) is 22.6 Å². The number of rotatable bonds is 11. The van der Waals surface area contributed by atoms with Gasteiger partial charge in [0.25, 0.3) is 5.91 Å². The molecule has 4 atom stereocenters. The molecule has 0 aliphatic heterocycles. The van der Waals surface area contributed by atoms with Crippen LogP contribution in [-0.4, -0.2) is 38.1 Å². The maximum Gasteiger partial charge on any atom is 0.311 e. The molecule has 0 saturated heterocycles. The monoisotopic (exact) mass is 516 g/mol. The Morgan fingerprint density at radius 2 is 1.89 bits per heavy atom. The van der Waals surface area contributed by atoms with Crippen LogP contribution in [0.15, 0.2) is 18.2 Å². The van der Waals surface area contributed by atoms with Crippen molar-refractivity contribution in [3.8, 4) is 0 Å². The Hall–Kier alpha value is -1.59. The fraction of sp³-hybridized carbons (Fsp3) is 0.733. The summed E-state index contributed by atoms with van der Waals surface area (Å²) in [4.78, 5) is 24.9. The van der Waals surface area contributed by atoms with Crippen molar-refractivity contribution in [2.75, 3.05) is 26.2 Å². The van der Waals surface area contributed by atoms with E-state index in [0.717, 1.165) is 62.2 Å². The predicted molar refractivity (Wildman–Crippen MR) is 145 cm³/mol. The van der Waals surface area contributed by atoms with Crippen LogP contribution in [0.5, 0.6) is 0 Å². The summed E-state index contributed by atoms with van der Waals surface area (Å²) in [5.74, 6) is 2.53. The van der Waals surface area contributed by atoms with Gasteiger partial charge in [0, 0.05) is 6.54 Å². The minimum Gasteiger partial charge on any atom is -0.465 e. The Morgan fingerprint density at radius 1 is 1.11 bits per heavy atom. The number of carbonyl (C=O) groups is 2. The fourth-order valence-corrected chi connectivity index (χ4v) is 7.13. The predicted octanol–water partition coefficient (Wildman–Crippen LogP) is 6.18. The first kappa shape index (κ1) is 27.4. The minimum atomic E-state index is -0.448. The zero-order valence-electron chi connectivity index (χ0n) is 22.5. The molecule has 0 heterocycles. The third-order valence-electron chi connectivity index (χ3n) is 8.70. The van der Waals surface area contributed by atoms with Crippen LogP contribution < -0.4 is 10.6 Å². The molecule has 6 heteroatoms. The smallest absolute Gasteiger partial charge is 0.311 e. The van der Waals surface area contributed by atoms with E-state index in [0.29, 0.717) is 22.6 Å². The van der Waals surface area contributed by atoms with Crippen molar-refractivity contribution in [1.82, 2.24) is 10.6 Å². The number of amides is 1. The molecule has 3 aliphatic rings. The Kier molecular flexibility index (Phi) is 9.04. The van der Waals surface area contributed by atoms with E-state index >= 15 is 0 Å². The standard InChI is InChI=1S/C30H45ClN2O3/c1-29(2,3)28(35)36-14-6-13-32-12-5-7-21-9-10-26(31)25(17-21)27(34)33-20-30-11-4-8-23-15-22(18-30)16-24(23)19-30/h9-10,17,22-24,32H,4-8,11-16,18-20H2,1-3H3,(H,33,34). The van der Waals surface area contributed by atoms with Crippen LogP contribution in [0.2, 0.25) is 5.02 Å². The molecule has 5 nitrogen and oxygen atoms in total. The molecule has 3 fully saturated rings. The minimum absolute atomic E-state index is 0.0297. The van der Waals surface area contributed by atoms with Gasteiger partial charge in [-0.1, -0.05) is 30.5 Å². The molecule has 0 aromatic heterocycles. The highest BCUT2D eigenvalue weighted by molar-refractivity contribution is 6.33. The summed E-state index contributed by atoms with van der Waals surface area (Å²) < 4.78 is 5.29. The quantitative estimate of drug-likeness (QED) is 0.272. The SMILES string of the molecule is CC(C)(C)C(=O)OCCCNCCCc1ccc(Cl)c(C(=O)NCC23CCCC4CC(CC4C2)C3)c1. The number of halogens is 1. The van der Waals surface area contributed by atoms with E-state index < -0.39 is 5.41 Å². The maximum absolute atomic E-state index is 13.1. The second kappa shape index (κ2) is 11.9. The number of benzene rings is 1.